The molecular formula is C75H124O5. The van der Waals surface area contributed by atoms with Gasteiger partial charge in [0.15, 0.2) is 6.10 Å². The van der Waals surface area contributed by atoms with E-state index < -0.39 is 6.10 Å². The molecule has 0 fully saturated rings. The summed E-state index contributed by atoms with van der Waals surface area (Å²) in [7, 11) is 0. The van der Waals surface area contributed by atoms with E-state index >= 15 is 0 Å². The molecule has 0 saturated carbocycles. The van der Waals surface area contributed by atoms with Crippen LogP contribution in [-0.2, 0) is 19.1 Å². The van der Waals surface area contributed by atoms with E-state index in [4.69, 9.17) is 9.47 Å². The van der Waals surface area contributed by atoms with Crippen molar-refractivity contribution in [2.24, 2.45) is 0 Å². The lowest BCUT2D eigenvalue weighted by atomic mass is 10.0. The van der Waals surface area contributed by atoms with Crippen LogP contribution < -0.4 is 0 Å². The summed E-state index contributed by atoms with van der Waals surface area (Å²) < 4.78 is 10.7. The average molecular weight is 1110 g/mol. The molecule has 0 aliphatic heterocycles. The highest BCUT2D eigenvalue weighted by atomic mass is 16.6. The standard InChI is InChI=1S/C75H124O5/c1-3-5-7-9-11-13-15-17-19-21-23-25-27-29-31-33-35-37-39-41-43-45-47-49-51-53-55-57-59-61-63-65-67-69-74(77)79-72-73(71-76)80-75(78)70-68-66-64-62-60-58-56-54-52-50-48-46-44-42-40-38-36-34-32-30-28-26-24-22-20-18-16-14-12-10-8-6-4-2/h5-8,11-14,17-20,23-26,30,32,36,38,42,44,48,50,73,76H,3-4,9-10,15-16,21-22,27-29,31,33-35,37,39-41,43,45-47,49,51-72H2,1-2H3/b7-5-,8-6-,13-11-,14-12-,19-17-,20-18-,25-23-,26-24-,32-30-,38-36-,44-42-,50-48-. The summed E-state index contributed by atoms with van der Waals surface area (Å²) in [6.45, 7) is 3.92. The van der Waals surface area contributed by atoms with Gasteiger partial charge in [-0.3, -0.25) is 9.59 Å². The molecule has 0 spiro atoms. The number of hydrogen-bond donors (Lipinski definition) is 1. The number of hydrogen-bond acceptors (Lipinski definition) is 5. The van der Waals surface area contributed by atoms with Crippen molar-refractivity contribution in [1.82, 2.24) is 0 Å². The van der Waals surface area contributed by atoms with Crippen molar-refractivity contribution in [3.05, 3.63) is 146 Å². The third-order valence-electron chi connectivity index (χ3n) is 14.1. The Morgan fingerprint density at radius 1 is 0.287 bits per heavy atom. The van der Waals surface area contributed by atoms with Crippen LogP contribution in [0.3, 0.4) is 0 Å². The Labute approximate surface area is 495 Å². The number of ether oxygens (including phenoxy) is 2. The monoisotopic (exact) mass is 1100 g/mol. The number of unbranched alkanes of at least 4 members (excludes halogenated alkanes) is 28. The Hall–Kier alpha value is -4.22. The maximum absolute atomic E-state index is 12.4. The highest BCUT2D eigenvalue weighted by molar-refractivity contribution is 5.70. The quantitative estimate of drug-likeness (QED) is 0.0373. The molecule has 454 valence electrons. The number of aliphatic hydroxyl groups excluding tert-OH is 1. The van der Waals surface area contributed by atoms with E-state index in [1.807, 2.05) is 0 Å². The fraction of sp³-hybridized carbons (Fsp3) is 0.653. The first-order chi connectivity index (χ1) is 39.6. The largest absolute Gasteiger partial charge is 0.462 e. The summed E-state index contributed by atoms with van der Waals surface area (Å²) in [5.41, 5.74) is 0. The number of aliphatic hydroxyl groups is 1. The molecule has 1 unspecified atom stereocenters. The minimum absolute atomic E-state index is 0.0745. The number of esters is 2. The van der Waals surface area contributed by atoms with Gasteiger partial charge in [-0.2, -0.15) is 0 Å². The molecule has 5 nitrogen and oxygen atoms in total. The third kappa shape index (κ3) is 66.3. The van der Waals surface area contributed by atoms with Gasteiger partial charge >= 0.3 is 11.9 Å². The van der Waals surface area contributed by atoms with Crippen molar-refractivity contribution < 1.29 is 24.2 Å². The van der Waals surface area contributed by atoms with Crippen LogP contribution in [0.4, 0.5) is 0 Å². The Kier molecular flexibility index (Phi) is 65.4. The van der Waals surface area contributed by atoms with Gasteiger partial charge in [-0.1, -0.05) is 314 Å². The van der Waals surface area contributed by atoms with Crippen molar-refractivity contribution in [3.8, 4) is 0 Å². The molecule has 0 aliphatic carbocycles. The second-order valence-electron chi connectivity index (χ2n) is 21.8. The van der Waals surface area contributed by atoms with Crippen LogP contribution in [0.15, 0.2) is 146 Å². The summed E-state index contributed by atoms with van der Waals surface area (Å²) in [5.74, 6) is -0.598. The topological polar surface area (TPSA) is 72.8 Å². The fourth-order valence-corrected chi connectivity index (χ4v) is 9.21. The zero-order valence-electron chi connectivity index (χ0n) is 52.0. The van der Waals surface area contributed by atoms with Crippen LogP contribution in [0.25, 0.3) is 0 Å². The molecule has 0 aromatic heterocycles. The molecule has 1 atom stereocenters. The molecule has 0 rings (SSSR count). The van der Waals surface area contributed by atoms with Crippen LogP contribution in [0.5, 0.6) is 0 Å². The Balaban J connectivity index is 3.52. The predicted molar refractivity (Wildman–Crippen MR) is 352 cm³/mol. The van der Waals surface area contributed by atoms with Crippen molar-refractivity contribution in [1.29, 1.82) is 0 Å². The second kappa shape index (κ2) is 69.1. The van der Waals surface area contributed by atoms with E-state index in [0.29, 0.717) is 12.8 Å². The van der Waals surface area contributed by atoms with Gasteiger partial charge in [-0.25, -0.2) is 0 Å². The van der Waals surface area contributed by atoms with Crippen molar-refractivity contribution >= 4 is 11.9 Å². The molecule has 0 bridgehead atoms. The number of carbonyl (C=O) groups excluding carboxylic acids is 2. The maximum atomic E-state index is 12.4. The summed E-state index contributed by atoms with van der Waals surface area (Å²) in [4.78, 5) is 24.6. The second-order valence-corrected chi connectivity index (χ2v) is 21.8. The van der Waals surface area contributed by atoms with E-state index in [-0.39, 0.29) is 25.2 Å². The van der Waals surface area contributed by atoms with Crippen molar-refractivity contribution in [2.75, 3.05) is 13.2 Å². The number of carbonyl (C=O) groups is 2. The highest BCUT2D eigenvalue weighted by Crippen LogP contribution is 2.17. The Bertz CT molecular complexity index is 1680. The summed E-state index contributed by atoms with van der Waals surface area (Å²) in [5, 5.41) is 9.70. The molecule has 1 N–H and O–H groups in total. The van der Waals surface area contributed by atoms with Gasteiger partial charge < -0.3 is 14.6 Å². The van der Waals surface area contributed by atoms with Crippen molar-refractivity contribution in [3.63, 3.8) is 0 Å². The predicted octanol–water partition coefficient (Wildman–Crippen LogP) is 23.3. The first kappa shape index (κ1) is 75.8. The molecule has 0 heterocycles. The van der Waals surface area contributed by atoms with Gasteiger partial charge in [-0.05, 0) is 116 Å². The van der Waals surface area contributed by atoms with Gasteiger partial charge in [0.05, 0.1) is 6.61 Å². The minimum atomic E-state index is -0.787. The molecule has 0 aromatic rings. The van der Waals surface area contributed by atoms with Gasteiger partial charge in [0.25, 0.3) is 0 Å². The van der Waals surface area contributed by atoms with E-state index in [0.717, 1.165) is 122 Å². The average Bonchev–Trinajstić information content (AvgIpc) is 3.46. The maximum Gasteiger partial charge on any atom is 0.306 e. The van der Waals surface area contributed by atoms with Gasteiger partial charge in [0.2, 0.25) is 0 Å². The molecule has 0 aliphatic rings. The molecule has 0 amide bonds. The lowest BCUT2D eigenvalue weighted by Gasteiger charge is -2.15. The fourth-order valence-electron chi connectivity index (χ4n) is 9.21. The summed E-state index contributed by atoms with van der Waals surface area (Å²) >= 11 is 0. The Morgan fingerprint density at radius 2 is 0.500 bits per heavy atom. The normalized spacial score (nSPS) is 13.2. The van der Waals surface area contributed by atoms with Gasteiger partial charge in [-0.15, -0.1) is 0 Å². The van der Waals surface area contributed by atoms with Crippen LogP contribution >= 0.6 is 0 Å². The molecule has 0 saturated heterocycles. The Morgan fingerprint density at radius 3 is 0.750 bits per heavy atom. The number of allylic oxidation sites excluding steroid dienone is 24. The lowest BCUT2D eigenvalue weighted by Crippen LogP contribution is -2.28. The van der Waals surface area contributed by atoms with Gasteiger partial charge in [0.1, 0.15) is 6.61 Å². The van der Waals surface area contributed by atoms with Crippen molar-refractivity contribution in [2.45, 2.75) is 302 Å². The SMILES string of the molecule is CC/C=C\C/C=C\C/C=C\C/C=C\C/C=C\C/C=C\C/C=C\C/C=C\CCCCCCCCCCC(=O)OC(CO)COC(=O)CCCCCCCCCCCCCCCCCCCCCC/C=C\C/C=C\C/C=C\C/C=C\CC. The molecule has 80 heavy (non-hydrogen) atoms. The zero-order chi connectivity index (χ0) is 57.6. The summed E-state index contributed by atoms with van der Waals surface area (Å²) in [6, 6.07) is 0. The smallest absolute Gasteiger partial charge is 0.306 e. The molecular weight excluding hydrogens is 981 g/mol. The summed E-state index contributed by atoms with van der Waals surface area (Å²) in [6.07, 6.45) is 104. The molecule has 0 aromatic carbocycles. The van der Waals surface area contributed by atoms with Gasteiger partial charge in [0, 0.05) is 12.8 Å². The van der Waals surface area contributed by atoms with Crippen LogP contribution in [-0.4, -0.2) is 36.4 Å². The van der Waals surface area contributed by atoms with E-state index in [2.05, 4.69) is 160 Å². The van der Waals surface area contributed by atoms with E-state index in [1.54, 1.807) is 0 Å². The minimum Gasteiger partial charge on any atom is -0.462 e. The third-order valence-corrected chi connectivity index (χ3v) is 14.1. The van der Waals surface area contributed by atoms with Crippen LogP contribution in [0.1, 0.15) is 296 Å². The van der Waals surface area contributed by atoms with Crippen LogP contribution in [0.2, 0.25) is 0 Å². The zero-order valence-corrected chi connectivity index (χ0v) is 52.0. The first-order valence-corrected chi connectivity index (χ1v) is 33.4. The molecule has 0 radical (unpaired) electrons. The number of rotatable bonds is 60. The van der Waals surface area contributed by atoms with E-state index in [1.165, 1.54) is 148 Å². The first-order valence-electron chi connectivity index (χ1n) is 33.4. The molecule has 5 heteroatoms. The lowest BCUT2D eigenvalue weighted by molar-refractivity contribution is -0.161. The highest BCUT2D eigenvalue weighted by Gasteiger charge is 2.16. The van der Waals surface area contributed by atoms with Crippen LogP contribution in [0, 0.1) is 0 Å². The van der Waals surface area contributed by atoms with E-state index in [9.17, 15) is 14.7 Å².